The van der Waals surface area contributed by atoms with Crippen LogP contribution in [0, 0.1) is 5.92 Å². The fourth-order valence-corrected chi connectivity index (χ4v) is 5.25. The molecule has 4 nitrogen and oxygen atoms in total. The Morgan fingerprint density at radius 1 is 1.03 bits per heavy atom. The molecule has 0 N–H and O–H groups in total. The molecule has 0 aliphatic carbocycles. The van der Waals surface area contributed by atoms with Gasteiger partial charge in [0.2, 0.25) is 6.41 Å². The number of para-hydroxylation sites is 2. The molecule has 0 aromatic heterocycles. The largest absolute Gasteiger partial charge is 0.457 e. The summed E-state index contributed by atoms with van der Waals surface area (Å²) in [5.74, 6) is 2.30. The maximum Gasteiger partial charge on any atom is 0.210 e. The van der Waals surface area contributed by atoms with Gasteiger partial charge in [0.25, 0.3) is 0 Å². The maximum atomic E-state index is 12.2. The van der Waals surface area contributed by atoms with Crippen molar-refractivity contribution in [3.05, 3.63) is 59.7 Å². The van der Waals surface area contributed by atoms with Gasteiger partial charge in [0, 0.05) is 24.2 Å². The van der Waals surface area contributed by atoms with Gasteiger partial charge in [-0.3, -0.25) is 4.79 Å². The Hall–Kier alpha value is -2.33. The van der Waals surface area contributed by atoms with Gasteiger partial charge in [0.05, 0.1) is 0 Å². The first-order chi connectivity index (χ1) is 14.1. The van der Waals surface area contributed by atoms with Crippen molar-refractivity contribution in [2.45, 2.75) is 51.1 Å². The average Bonchev–Trinajstić information content (AvgIpc) is 3.27. The van der Waals surface area contributed by atoms with Crippen LogP contribution >= 0.6 is 0 Å². The van der Waals surface area contributed by atoms with Gasteiger partial charge in [-0.1, -0.05) is 50.2 Å². The van der Waals surface area contributed by atoms with Crippen molar-refractivity contribution >= 4 is 6.41 Å². The predicted molar refractivity (Wildman–Crippen MR) is 116 cm³/mol. The molecule has 0 spiro atoms. The molecule has 1 atom stereocenters. The van der Waals surface area contributed by atoms with E-state index in [4.69, 9.17) is 4.74 Å². The molecule has 2 heterocycles. The molecule has 0 bridgehead atoms. The number of amides is 1. The van der Waals surface area contributed by atoms with Gasteiger partial charge in [0.15, 0.2) is 0 Å². The fraction of sp³-hybridized carbons (Fsp3) is 0.480. The van der Waals surface area contributed by atoms with Gasteiger partial charge in [-0.05, 0) is 56.8 Å². The van der Waals surface area contributed by atoms with E-state index in [0.29, 0.717) is 12.0 Å². The molecule has 1 saturated heterocycles. The van der Waals surface area contributed by atoms with E-state index in [1.807, 2.05) is 36.2 Å². The first-order valence-electron chi connectivity index (χ1n) is 10.9. The monoisotopic (exact) mass is 392 g/mol. The highest BCUT2D eigenvalue weighted by atomic mass is 16.5. The van der Waals surface area contributed by atoms with Crippen LogP contribution in [0.1, 0.15) is 50.7 Å². The minimum Gasteiger partial charge on any atom is -0.457 e. The number of carbonyl (C=O) groups excluding carboxylic acids is 1. The lowest BCUT2D eigenvalue weighted by Gasteiger charge is -2.48. The second-order valence-electron chi connectivity index (χ2n) is 8.90. The summed E-state index contributed by atoms with van der Waals surface area (Å²) < 4.78 is 6.26. The normalized spacial score (nSPS) is 18.6. The molecule has 29 heavy (non-hydrogen) atoms. The lowest BCUT2D eigenvalue weighted by Crippen LogP contribution is -2.51. The number of benzene rings is 2. The highest BCUT2D eigenvalue weighted by Gasteiger charge is 2.47. The van der Waals surface area contributed by atoms with Crippen LogP contribution in [0.4, 0.5) is 0 Å². The Bertz CT molecular complexity index is 812. The van der Waals surface area contributed by atoms with Crippen molar-refractivity contribution in [3.63, 3.8) is 0 Å². The van der Waals surface area contributed by atoms with Crippen LogP contribution in [-0.2, 0) is 10.3 Å². The molecule has 0 saturated carbocycles. The summed E-state index contributed by atoms with van der Waals surface area (Å²) in [6, 6.07) is 16.8. The topological polar surface area (TPSA) is 32.8 Å². The Morgan fingerprint density at radius 2 is 1.59 bits per heavy atom. The van der Waals surface area contributed by atoms with Crippen molar-refractivity contribution in [2.75, 3.05) is 20.1 Å². The van der Waals surface area contributed by atoms with E-state index in [0.717, 1.165) is 55.0 Å². The standard InChI is InChI=1S/C25H32N2O2/c1-19(2)16-20(27-14-8-9-15-27)17-25(26(3)18-28)21-10-4-6-12-23(21)29-24-13-7-5-11-22(24)25/h4-7,10-13,18-20H,8-9,14-17H2,1-3H3. The Kier molecular flexibility index (Phi) is 5.64. The van der Waals surface area contributed by atoms with Gasteiger partial charge in [-0.2, -0.15) is 0 Å². The number of fused-ring (bicyclic) bond motifs is 2. The van der Waals surface area contributed by atoms with Crippen LogP contribution in [0.5, 0.6) is 11.5 Å². The lowest BCUT2D eigenvalue weighted by molar-refractivity contribution is -0.122. The van der Waals surface area contributed by atoms with Crippen LogP contribution in [0.15, 0.2) is 48.5 Å². The minimum atomic E-state index is -0.532. The third-order valence-corrected chi connectivity index (χ3v) is 6.58. The van der Waals surface area contributed by atoms with Gasteiger partial charge in [0.1, 0.15) is 17.0 Å². The summed E-state index contributed by atoms with van der Waals surface area (Å²) in [5, 5.41) is 0. The van der Waals surface area contributed by atoms with E-state index in [2.05, 4.69) is 43.0 Å². The quantitative estimate of drug-likeness (QED) is 0.620. The number of nitrogens with zero attached hydrogens (tertiary/aromatic N) is 2. The molecule has 2 aliphatic rings. The molecule has 4 heteroatoms. The van der Waals surface area contributed by atoms with E-state index in [1.54, 1.807) is 0 Å². The summed E-state index contributed by atoms with van der Waals surface area (Å²) in [4.78, 5) is 16.7. The third kappa shape index (κ3) is 3.55. The molecule has 2 aliphatic heterocycles. The van der Waals surface area contributed by atoms with E-state index < -0.39 is 5.54 Å². The zero-order chi connectivity index (χ0) is 20.4. The Labute approximate surface area is 174 Å². The molecule has 1 unspecified atom stereocenters. The van der Waals surface area contributed by atoms with Gasteiger partial charge in [-0.25, -0.2) is 0 Å². The van der Waals surface area contributed by atoms with Crippen molar-refractivity contribution in [1.82, 2.24) is 9.80 Å². The summed E-state index contributed by atoms with van der Waals surface area (Å²) in [6.07, 6.45) is 5.51. The van der Waals surface area contributed by atoms with Crippen LogP contribution in [0.3, 0.4) is 0 Å². The first kappa shape index (κ1) is 20.0. The number of carbonyl (C=O) groups is 1. The Balaban J connectivity index is 1.88. The number of likely N-dealkylation sites (tertiary alicyclic amines) is 1. The van der Waals surface area contributed by atoms with Gasteiger partial charge in [-0.15, -0.1) is 0 Å². The summed E-state index contributed by atoms with van der Waals surface area (Å²) in [5.41, 5.74) is 1.64. The third-order valence-electron chi connectivity index (χ3n) is 6.58. The molecule has 4 rings (SSSR count). The zero-order valence-corrected chi connectivity index (χ0v) is 17.8. The summed E-state index contributed by atoms with van der Waals surface area (Å²) >= 11 is 0. The van der Waals surface area contributed by atoms with Crippen molar-refractivity contribution in [1.29, 1.82) is 0 Å². The minimum absolute atomic E-state index is 0.416. The molecule has 1 fully saturated rings. The highest BCUT2D eigenvalue weighted by Crippen LogP contribution is 2.52. The average molecular weight is 393 g/mol. The first-order valence-corrected chi connectivity index (χ1v) is 10.9. The van der Waals surface area contributed by atoms with Crippen molar-refractivity contribution in [3.8, 4) is 11.5 Å². The Morgan fingerprint density at radius 3 is 2.10 bits per heavy atom. The molecule has 1 amide bonds. The van der Waals surface area contributed by atoms with Crippen LogP contribution in [0.2, 0.25) is 0 Å². The number of hydrogen-bond donors (Lipinski definition) is 0. The number of hydrogen-bond acceptors (Lipinski definition) is 3. The predicted octanol–water partition coefficient (Wildman–Crippen LogP) is 5.02. The smallest absolute Gasteiger partial charge is 0.210 e. The second-order valence-corrected chi connectivity index (χ2v) is 8.90. The van der Waals surface area contributed by atoms with Crippen LogP contribution in [0.25, 0.3) is 0 Å². The number of ether oxygens (including phenoxy) is 1. The second kappa shape index (κ2) is 8.19. The lowest BCUT2D eigenvalue weighted by atomic mass is 9.73. The molecule has 154 valence electrons. The molecular formula is C25H32N2O2. The van der Waals surface area contributed by atoms with Crippen molar-refractivity contribution < 1.29 is 9.53 Å². The molecule has 0 radical (unpaired) electrons. The van der Waals surface area contributed by atoms with E-state index >= 15 is 0 Å². The maximum absolute atomic E-state index is 12.2. The van der Waals surface area contributed by atoms with Gasteiger partial charge >= 0.3 is 0 Å². The molecular weight excluding hydrogens is 360 g/mol. The van der Waals surface area contributed by atoms with E-state index in [1.165, 1.54) is 12.8 Å². The molecule has 2 aromatic rings. The molecule has 2 aromatic carbocycles. The van der Waals surface area contributed by atoms with Crippen molar-refractivity contribution in [2.24, 2.45) is 5.92 Å². The van der Waals surface area contributed by atoms with E-state index in [-0.39, 0.29) is 0 Å². The highest BCUT2D eigenvalue weighted by molar-refractivity contribution is 5.62. The number of rotatable bonds is 7. The van der Waals surface area contributed by atoms with Crippen LogP contribution in [-0.4, -0.2) is 42.4 Å². The summed E-state index contributed by atoms with van der Waals surface area (Å²) in [7, 11) is 1.92. The zero-order valence-electron chi connectivity index (χ0n) is 17.8. The summed E-state index contributed by atoms with van der Waals surface area (Å²) in [6.45, 7) is 6.90. The van der Waals surface area contributed by atoms with Crippen LogP contribution < -0.4 is 4.74 Å². The van der Waals surface area contributed by atoms with Gasteiger partial charge < -0.3 is 14.5 Å². The fourth-order valence-electron chi connectivity index (χ4n) is 5.25. The SMILES string of the molecule is CC(C)CC(CC1(N(C)C=O)c2ccccc2Oc2ccccc21)N1CCCC1. The van der Waals surface area contributed by atoms with E-state index in [9.17, 15) is 4.79 Å².